The molecule has 6 heteroatoms. The molecule has 0 aliphatic carbocycles. The van der Waals surface area contributed by atoms with E-state index in [-0.39, 0.29) is 11.8 Å². The van der Waals surface area contributed by atoms with E-state index < -0.39 is 21.6 Å². The predicted octanol–water partition coefficient (Wildman–Crippen LogP) is 1.83. The molecule has 1 aromatic rings. The molecule has 22 heavy (non-hydrogen) atoms. The standard InChI is InChI=1S/C16H25NO4S/c1-3-15(12-14-8-6-5-7-9-14)17(4-2)10-11-22(20,21)13-16(18)19/h5-9,15H,3-4,10-13H2,1-2H3,(H,18,19). The Balaban J connectivity index is 2.66. The van der Waals surface area contributed by atoms with E-state index in [9.17, 15) is 13.2 Å². The van der Waals surface area contributed by atoms with E-state index in [0.717, 1.165) is 19.4 Å². The topological polar surface area (TPSA) is 74.7 Å². The first kappa shape index (κ1) is 18.6. The largest absolute Gasteiger partial charge is 0.480 e. The van der Waals surface area contributed by atoms with Crippen molar-refractivity contribution in [1.29, 1.82) is 0 Å². The fourth-order valence-electron chi connectivity index (χ4n) is 2.53. The second-order valence-electron chi connectivity index (χ2n) is 5.37. The number of carbonyl (C=O) groups is 1. The summed E-state index contributed by atoms with van der Waals surface area (Å²) in [7, 11) is -3.54. The van der Waals surface area contributed by atoms with Crippen LogP contribution in [0.25, 0.3) is 0 Å². The van der Waals surface area contributed by atoms with Gasteiger partial charge in [0.25, 0.3) is 0 Å². The summed E-state index contributed by atoms with van der Waals surface area (Å²) in [5.74, 6) is -2.20. The Morgan fingerprint density at radius 1 is 1.23 bits per heavy atom. The summed E-state index contributed by atoms with van der Waals surface area (Å²) in [6.45, 7) is 5.20. The van der Waals surface area contributed by atoms with Gasteiger partial charge in [-0.05, 0) is 24.9 Å². The summed E-state index contributed by atoms with van der Waals surface area (Å²) in [4.78, 5) is 12.7. The Hall–Kier alpha value is -1.40. The second kappa shape index (κ2) is 8.90. The number of carboxylic acid groups (broad SMARTS) is 1. The Morgan fingerprint density at radius 3 is 2.36 bits per heavy atom. The molecule has 1 aromatic carbocycles. The van der Waals surface area contributed by atoms with Crippen LogP contribution in [0.4, 0.5) is 0 Å². The lowest BCUT2D eigenvalue weighted by Gasteiger charge is -2.30. The minimum Gasteiger partial charge on any atom is -0.480 e. The van der Waals surface area contributed by atoms with Crippen molar-refractivity contribution < 1.29 is 18.3 Å². The molecule has 1 atom stereocenters. The highest BCUT2D eigenvalue weighted by Gasteiger charge is 2.21. The number of nitrogens with zero attached hydrogens (tertiary/aromatic N) is 1. The van der Waals surface area contributed by atoms with Crippen molar-refractivity contribution in [3.8, 4) is 0 Å². The van der Waals surface area contributed by atoms with Gasteiger partial charge in [0.1, 0.15) is 5.75 Å². The highest BCUT2D eigenvalue weighted by Crippen LogP contribution is 2.12. The predicted molar refractivity (Wildman–Crippen MR) is 87.8 cm³/mol. The zero-order valence-electron chi connectivity index (χ0n) is 13.2. The zero-order valence-corrected chi connectivity index (χ0v) is 14.1. The first-order valence-corrected chi connectivity index (χ1v) is 9.40. The fraction of sp³-hybridized carbons (Fsp3) is 0.562. The molecule has 0 heterocycles. The minimum absolute atomic E-state index is 0.113. The van der Waals surface area contributed by atoms with Crippen LogP contribution in [0.5, 0.6) is 0 Å². The number of hydrogen-bond acceptors (Lipinski definition) is 4. The molecule has 0 radical (unpaired) electrons. The molecule has 0 aromatic heterocycles. The van der Waals surface area contributed by atoms with Gasteiger partial charge in [-0.25, -0.2) is 8.42 Å². The highest BCUT2D eigenvalue weighted by atomic mass is 32.2. The van der Waals surface area contributed by atoms with Crippen molar-refractivity contribution in [2.75, 3.05) is 24.6 Å². The third-order valence-electron chi connectivity index (χ3n) is 3.74. The number of likely N-dealkylation sites (N-methyl/N-ethyl adjacent to an activating group) is 1. The summed E-state index contributed by atoms with van der Waals surface area (Å²) < 4.78 is 23.4. The number of rotatable bonds is 10. The van der Waals surface area contributed by atoms with E-state index in [1.54, 1.807) is 0 Å². The van der Waals surface area contributed by atoms with Crippen LogP contribution in [0.2, 0.25) is 0 Å². The molecular formula is C16H25NO4S. The van der Waals surface area contributed by atoms with Gasteiger partial charge in [0.2, 0.25) is 0 Å². The van der Waals surface area contributed by atoms with E-state index >= 15 is 0 Å². The van der Waals surface area contributed by atoms with Crippen molar-refractivity contribution in [3.63, 3.8) is 0 Å². The van der Waals surface area contributed by atoms with Crippen molar-refractivity contribution in [1.82, 2.24) is 4.90 Å². The molecule has 0 amide bonds. The fourth-order valence-corrected chi connectivity index (χ4v) is 3.57. The van der Waals surface area contributed by atoms with Crippen LogP contribution in [0.1, 0.15) is 25.8 Å². The Morgan fingerprint density at radius 2 is 1.86 bits per heavy atom. The van der Waals surface area contributed by atoms with Crippen LogP contribution < -0.4 is 0 Å². The van der Waals surface area contributed by atoms with Crippen LogP contribution in [-0.2, 0) is 21.1 Å². The average Bonchev–Trinajstić information content (AvgIpc) is 2.46. The molecule has 0 fully saturated rings. The van der Waals surface area contributed by atoms with E-state index in [4.69, 9.17) is 5.11 Å². The third-order valence-corrected chi connectivity index (χ3v) is 5.23. The minimum atomic E-state index is -3.54. The van der Waals surface area contributed by atoms with Gasteiger partial charge in [0.15, 0.2) is 9.84 Å². The van der Waals surface area contributed by atoms with Gasteiger partial charge >= 0.3 is 5.97 Å². The Labute approximate surface area is 132 Å². The molecule has 0 saturated carbocycles. The average molecular weight is 327 g/mol. The quantitative estimate of drug-likeness (QED) is 0.709. The smallest absolute Gasteiger partial charge is 0.318 e. The summed E-state index contributed by atoms with van der Waals surface area (Å²) in [5, 5.41) is 8.63. The van der Waals surface area contributed by atoms with Crippen molar-refractivity contribution >= 4 is 15.8 Å². The maximum Gasteiger partial charge on any atom is 0.318 e. The molecule has 1 N–H and O–H groups in total. The molecule has 0 saturated heterocycles. The first-order valence-electron chi connectivity index (χ1n) is 7.58. The van der Waals surface area contributed by atoms with Gasteiger partial charge in [-0.2, -0.15) is 0 Å². The van der Waals surface area contributed by atoms with Gasteiger partial charge < -0.3 is 5.11 Å². The number of benzene rings is 1. The SMILES string of the molecule is CCC(Cc1ccccc1)N(CC)CCS(=O)(=O)CC(=O)O. The zero-order chi connectivity index (χ0) is 16.6. The number of carboxylic acids is 1. The van der Waals surface area contributed by atoms with Crippen LogP contribution >= 0.6 is 0 Å². The van der Waals surface area contributed by atoms with E-state index in [1.165, 1.54) is 5.56 Å². The Bertz CT molecular complexity index is 557. The molecular weight excluding hydrogens is 302 g/mol. The second-order valence-corrected chi connectivity index (χ2v) is 7.55. The maximum atomic E-state index is 11.7. The molecule has 0 aliphatic heterocycles. The van der Waals surface area contributed by atoms with Gasteiger partial charge in [0, 0.05) is 12.6 Å². The van der Waals surface area contributed by atoms with E-state index in [0.29, 0.717) is 6.54 Å². The van der Waals surface area contributed by atoms with Gasteiger partial charge in [-0.15, -0.1) is 0 Å². The van der Waals surface area contributed by atoms with E-state index in [2.05, 4.69) is 24.0 Å². The summed E-state index contributed by atoms with van der Waals surface area (Å²) >= 11 is 0. The van der Waals surface area contributed by atoms with Gasteiger partial charge in [0.05, 0.1) is 5.75 Å². The lowest BCUT2D eigenvalue weighted by molar-refractivity contribution is -0.134. The molecule has 5 nitrogen and oxygen atoms in total. The van der Waals surface area contributed by atoms with Crippen LogP contribution in [0.15, 0.2) is 30.3 Å². The Kier molecular flexibility index (Phi) is 7.55. The number of sulfone groups is 1. The first-order chi connectivity index (χ1) is 10.4. The summed E-state index contributed by atoms with van der Waals surface area (Å²) in [6.07, 6.45) is 1.78. The van der Waals surface area contributed by atoms with Crippen molar-refractivity contribution in [2.45, 2.75) is 32.7 Å². The van der Waals surface area contributed by atoms with Gasteiger partial charge in [-0.3, -0.25) is 9.69 Å². The van der Waals surface area contributed by atoms with Crippen molar-refractivity contribution in [3.05, 3.63) is 35.9 Å². The molecule has 124 valence electrons. The summed E-state index contributed by atoms with van der Waals surface area (Å²) in [6, 6.07) is 10.4. The molecule has 0 bridgehead atoms. The van der Waals surface area contributed by atoms with E-state index in [1.807, 2.05) is 25.1 Å². The molecule has 1 unspecified atom stereocenters. The van der Waals surface area contributed by atoms with Crippen LogP contribution in [-0.4, -0.2) is 55.0 Å². The summed E-state index contributed by atoms with van der Waals surface area (Å²) in [5.41, 5.74) is 1.22. The number of aliphatic carboxylic acids is 1. The van der Waals surface area contributed by atoms with Crippen LogP contribution in [0.3, 0.4) is 0 Å². The monoisotopic (exact) mass is 327 g/mol. The normalized spacial score (nSPS) is 13.2. The molecule has 1 rings (SSSR count). The van der Waals surface area contributed by atoms with Crippen LogP contribution in [0, 0.1) is 0 Å². The number of hydrogen-bond donors (Lipinski definition) is 1. The third kappa shape index (κ3) is 6.58. The maximum absolute atomic E-state index is 11.7. The van der Waals surface area contributed by atoms with Gasteiger partial charge in [-0.1, -0.05) is 44.2 Å². The lowest BCUT2D eigenvalue weighted by Crippen LogP contribution is -2.40. The van der Waals surface area contributed by atoms with Crippen molar-refractivity contribution in [2.24, 2.45) is 0 Å². The molecule has 0 spiro atoms. The molecule has 0 aliphatic rings. The lowest BCUT2D eigenvalue weighted by atomic mass is 10.0. The highest BCUT2D eigenvalue weighted by molar-refractivity contribution is 7.92.